The third kappa shape index (κ3) is 3.60. The first-order valence-corrected chi connectivity index (χ1v) is 7.54. The second-order valence-electron chi connectivity index (χ2n) is 5.13. The zero-order chi connectivity index (χ0) is 16.2. The van der Waals surface area contributed by atoms with Crippen molar-refractivity contribution in [2.75, 3.05) is 11.9 Å². The van der Waals surface area contributed by atoms with E-state index in [9.17, 15) is 4.79 Å². The molecule has 0 atom stereocenters. The predicted molar refractivity (Wildman–Crippen MR) is 92.1 cm³/mol. The smallest absolute Gasteiger partial charge is 0.262 e. The van der Waals surface area contributed by atoms with Crippen molar-refractivity contribution in [1.82, 2.24) is 4.98 Å². The van der Waals surface area contributed by atoms with Crippen LogP contribution >= 0.6 is 11.6 Å². The fourth-order valence-electron chi connectivity index (χ4n) is 2.29. The molecule has 0 spiro atoms. The number of rotatable bonds is 4. The monoisotopic (exact) mass is 326 g/mol. The lowest BCUT2D eigenvalue weighted by molar-refractivity contribution is -0.118. The molecule has 0 saturated heterocycles. The van der Waals surface area contributed by atoms with Crippen LogP contribution in [-0.4, -0.2) is 17.5 Å². The second-order valence-corrected chi connectivity index (χ2v) is 5.56. The number of benzene rings is 2. The number of para-hydroxylation sites is 1. The van der Waals surface area contributed by atoms with Crippen LogP contribution in [0.3, 0.4) is 0 Å². The minimum absolute atomic E-state index is 0.0869. The Kier molecular flexibility index (Phi) is 4.44. The van der Waals surface area contributed by atoms with E-state index in [1.165, 1.54) is 0 Å². The van der Waals surface area contributed by atoms with Gasteiger partial charge in [0.25, 0.3) is 5.91 Å². The summed E-state index contributed by atoms with van der Waals surface area (Å²) < 4.78 is 5.46. The van der Waals surface area contributed by atoms with E-state index in [1.54, 1.807) is 30.5 Å². The number of anilines is 1. The number of hydrogen-bond acceptors (Lipinski definition) is 3. The summed E-state index contributed by atoms with van der Waals surface area (Å²) in [5.74, 6) is 0.327. The Balaban J connectivity index is 1.74. The van der Waals surface area contributed by atoms with Gasteiger partial charge in [-0.2, -0.15) is 0 Å². The third-order valence-electron chi connectivity index (χ3n) is 3.40. The van der Waals surface area contributed by atoms with E-state index < -0.39 is 0 Å². The van der Waals surface area contributed by atoms with Crippen molar-refractivity contribution in [3.63, 3.8) is 0 Å². The molecule has 3 rings (SSSR count). The number of aromatic nitrogens is 1. The Hall–Kier alpha value is -2.59. The van der Waals surface area contributed by atoms with Crippen molar-refractivity contribution in [1.29, 1.82) is 0 Å². The quantitative estimate of drug-likeness (QED) is 0.781. The number of hydrogen-bond donors (Lipinski definition) is 1. The van der Waals surface area contributed by atoms with Crippen molar-refractivity contribution in [3.8, 4) is 5.75 Å². The molecule has 0 aliphatic heterocycles. The zero-order valence-corrected chi connectivity index (χ0v) is 13.3. The Morgan fingerprint density at radius 3 is 2.87 bits per heavy atom. The maximum Gasteiger partial charge on any atom is 0.262 e. The van der Waals surface area contributed by atoms with Gasteiger partial charge >= 0.3 is 0 Å². The molecule has 116 valence electrons. The molecule has 2 aromatic carbocycles. The van der Waals surface area contributed by atoms with E-state index in [-0.39, 0.29) is 12.5 Å². The minimum atomic E-state index is -0.232. The molecule has 4 nitrogen and oxygen atoms in total. The third-order valence-corrected chi connectivity index (χ3v) is 3.63. The van der Waals surface area contributed by atoms with Crippen LogP contribution in [0, 0.1) is 6.92 Å². The predicted octanol–water partition coefficient (Wildman–Crippen LogP) is 4.21. The summed E-state index contributed by atoms with van der Waals surface area (Å²) in [4.78, 5) is 16.5. The number of ether oxygens (including phenoxy) is 1. The van der Waals surface area contributed by atoms with Crippen LogP contribution in [0.25, 0.3) is 10.9 Å². The lowest BCUT2D eigenvalue weighted by Gasteiger charge is -2.12. The van der Waals surface area contributed by atoms with Crippen molar-refractivity contribution in [2.45, 2.75) is 6.92 Å². The molecule has 1 heterocycles. The highest BCUT2D eigenvalue weighted by atomic mass is 35.5. The summed E-state index contributed by atoms with van der Waals surface area (Å²) in [6.07, 6.45) is 1.75. The van der Waals surface area contributed by atoms with Gasteiger partial charge in [0.15, 0.2) is 6.61 Å². The molecule has 3 aromatic rings. The first kappa shape index (κ1) is 15.3. The maximum atomic E-state index is 12.2. The number of halogens is 1. The standard InChI is InChI=1S/C18H15ClN2O2/c1-12-10-20-16-8-3-2-7-15(16)18(12)21-17(22)11-23-14-6-4-5-13(19)9-14/h2-10H,11H2,1H3,(H,20,21,22). The molecular formula is C18H15ClN2O2. The normalized spacial score (nSPS) is 10.5. The number of amides is 1. The van der Waals surface area contributed by atoms with Crippen molar-refractivity contribution in [3.05, 3.63) is 65.3 Å². The Morgan fingerprint density at radius 1 is 1.22 bits per heavy atom. The number of nitrogens with zero attached hydrogens (tertiary/aromatic N) is 1. The summed E-state index contributed by atoms with van der Waals surface area (Å²) >= 11 is 5.89. The molecule has 1 aromatic heterocycles. The van der Waals surface area contributed by atoms with E-state index in [0.29, 0.717) is 10.8 Å². The second kappa shape index (κ2) is 6.67. The van der Waals surface area contributed by atoms with Crippen molar-refractivity contribution < 1.29 is 9.53 Å². The summed E-state index contributed by atoms with van der Waals surface area (Å²) in [7, 11) is 0. The molecule has 0 unspecified atom stereocenters. The molecule has 0 fully saturated rings. The van der Waals surface area contributed by atoms with Gasteiger partial charge in [0.05, 0.1) is 11.2 Å². The number of fused-ring (bicyclic) bond motifs is 1. The highest BCUT2D eigenvalue weighted by molar-refractivity contribution is 6.30. The van der Waals surface area contributed by atoms with Gasteiger partial charge < -0.3 is 10.1 Å². The van der Waals surface area contributed by atoms with Crippen LogP contribution < -0.4 is 10.1 Å². The molecule has 0 saturated carbocycles. The van der Waals surface area contributed by atoms with Gasteiger partial charge in [0.1, 0.15) is 5.75 Å². The van der Waals surface area contributed by atoms with Crippen LogP contribution in [0.5, 0.6) is 5.75 Å². The van der Waals surface area contributed by atoms with Gasteiger partial charge in [-0.3, -0.25) is 9.78 Å². The number of pyridine rings is 1. The summed E-state index contributed by atoms with van der Waals surface area (Å²) in [5.41, 5.74) is 2.50. The zero-order valence-electron chi connectivity index (χ0n) is 12.5. The SMILES string of the molecule is Cc1cnc2ccccc2c1NC(=O)COc1cccc(Cl)c1. The molecule has 23 heavy (non-hydrogen) atoms. The van der Waals surface area contributed by atoms with Crippen LogP contribution in [0.15, 0.2) is 54.7 Å². The summed E-state index contributed by atoms with van der Waals surface area (Å²) in [5, 5.41) is 4.38. The van der Waals surface area contributed by atoms with Crippen LogP contribution in [0.4, 0.5) is 5.69 Å². The average Bonchev–Trinajstić information content (AvgIpc) is 2.56. The highest BCUT2D eigenvalue weighted by Crippen LogP contribution is 2.25. The molecule has 0 aliphatic carbocycles. The molecule has 0 aliphatic rings. The fraction of sp³-hybridized carbons (Fsp3) is 0.111. The fourth-order valence-corrected chi connectivity index (χ4v) is 2.47. The maximum absolute atomic E-state index is 12.2. The first-order valence-electron chi connectivity index (χ1n) is 7.16. The van der Waals surface area contributed by atoms with E-state index in [2.05, 4.69) is 10.3 Å². The Bertz CT molecular complexity index is 865. The lowest BCUT2D eigenvalue weighted by atomic mass is 10.1. The van der Waals surface area contributed by atoms with Crippen LogP contribution in [-0.2, 0) is 4.79 Å². The van der Waals surface area contributed by atoms with Gasteiger partial charge in [0, 0.05) is 16.6 Å². The minimum Gasteiger partial charge on any atom is -0.484 e. The number of carbonyl (C=O) groups excluding carboxylic acids is 1. The van der Waals surface area contributed by atoms with E-state index in [1.807, 2.05) is 31.2 Å². The highest BCUT2D eigenvalue weighted by Gasteiger charge is 2.10. The molecule has 0 radical (unpaired) electrons. The van der Waals surface area contributed by atoms with Crippen LogP contribution in [0.2, 0.25) is 5.02 Å². The largest absolute Gasteiger partial charge is 0.484 e. The van der Waals surface area contributed by atoms with Crippen molar-refractivity contribution in [2.24, 2.45) is 0 Å². The van der Waals surface area contributed by atoms with Gasteiger partial charge in [-0.15, -0.1) is 0 Å². The van der Waals surface area contributed by atoms with E-state index >= 15 is 0 Å². The average molecular weight is 327 g/mol. The Morgan fingerprint density at radius 2 is 2.04 bits per heavy atom. The number of aryl methyl sites for hydroxylation is 1. The molecule has 0 bridgehead atoms. The van der Waals surface area contributed by atoms with Gasteiger partial charge in [0.2, 0.25) is 0 Å². The molecule has 5 heteroatoms. The molecule has 1 amide bonds. The van der Waals surface area contributed by atoms with Gasteiger partial charge in [-0.05, 0) is 36.8 Å². The summed E-state index contributed by atoms with van der Waals surface area (Å²) in [6, 6.07) is 14.6. The van der Waals surface area contributed by atoms with Crippen molar-refractivity contribution >= 4 is 34.1 Å². The van der Waals surface area contributed by atoms with Gasteiger partial charge in [-0.1, -0.05) is 35.9 Å². The Labute approximate surface area is 139 Å². The molecule has 1 N–H and O–H groups in total. The topological polar surface area (TPSA) is 51.2 Å². The van der Waals surface area contributed by atoms with Gasteiger partial charge in [-0.25, -0.2) is 0 Å². The van der Waals surface area contributed by atoms with E-state index in [0.717, 1.165) is 22.2 Å². The number of nitrogens with one attached hydrogen (secondary N) is 1. The summed E-state index contributed by atoms with van der Waals surface area (Å²) in [6.45, 7) is 1.82. The number of carbonyl (C=O) groups is 1. The van der Waals surface area contributed by atoms with Crippen LogP contribution in [0.1, 0.15) is 5.56 Å². The van der Waals surface area contributed by atoms with E-state index in [4.69, 9.17) is 16.3 Å². The first-order chi connectivity index (χ1) is 11.1. The lowest BCUT2D eigenvalue weighted by Crippen LogP contribution is -2.21. The molecular weight excluding hydrogens is 312 g/mol.